The third kappa shape index (κ3) is 1.39. The predicted molar refractivity (Wildman–Crippen MR) is 79.3 cm³/mol. The van der Waals surface area contributed by atoms with E-state index in [0.29, 0.717) is 12.2 Å². The normalized spacial score (nSPS) is 14.0. The first-order chi connectivity index (χ1) is 10.3. The number of cyclic esters (lactones) is 1. The zero-order valence-corrected chi connectivity index (χ0v) is 11.0. The molecule has 3 aromatic heterocycles. The van der Waals surface area contributed by atoms with Crippen LogP contribution in [0.3, 0.4) is 0 Å². The van der Waals surface area contributed by atoms with E-state index in [2.05, 4.69) is 12.1 Å². The van der Waals surface area contributed by atoms with E-state index in [-0.39, 0.29) is 5.97 Å². The first-order valence-electron chi connectivity index (χ1n) is 6.80. The third-order valence-electron chi connectivity index (χ3n) is 4.06. The number of carbonyl (C=O) groups excluding carboxylic acids is 1. The first kappa shape index (κ1) is 10.9. The number of benzene rings is 1. The summed E-state index contributed by atoms with van der Waals surface area (Å²) in [7, 11) is 0. The first-order valence-corrected chi connectivity index (χ1v) is 6.80. The molecule has 0 N–H and O–H groups in total. The molecule has 0 radical (unpaired) electrons. The van der Waals surface area contributed by atoms with Gasteiger partial charge >= 0.3 is 5.97 Å². The molecule has 100 valence electrons. The maximum Gasteiger partial charge on any atom is 0.340 e. The van der Waals surface area contributed by atoms with Crippen LogP contribution in [0.2, 0.25) is 0 Å². The number of esters is 1. The summed E-state index contributed by atoms with van der Waals surface area (Å²) < 4.78 is 7.03. The van der Waals surface area contributed by atoms with E-state index in [1.165, 1.54) is 0 Å². The van der Waals surface area contributed by atoms with E-state index in [1.54, 1.807) is 0 Å². The molecule has 0 bridgehead atoms. The summed E-state index contributed by atoms with van der Waals surface area (Å²) in [5, 5.41) is 2.19. The second kappa shape index (κ2) is 3.61. The minimum absolute atomic E-state index is 0.247. The summed E-state index contributed by atoms with van der Waals surface area (Å²) in [6.45, 7) is 0.352. The Morgan fingerprint density at radius 1 is 1.10 bits per heavy atom. The van der Waals surface area contributed by atoms with Gasteiger partial charge in [0.15, 0.2) is 0 Å². The van der Waals surface area contributed by atoms with Gasteiger partial charge in [-0.15, -0.1) is 0 Å². The summed E-state index contributed by atoms with van der Waals surface area (Å²) in [6, 6.07) is 12.2. The second-order valence-electron chi connectivity index (χ2n) is 5.33. The van der Waals surface area contributed by atoms with Crippen molar-refractivity contribution < 1.29 is 9.53 Å². The van der Waals surface area contributed by atoms with Crippen LogP contribution in [-0.2, 0) is 11.3 Å². The van der Waals surface area contributed by atoms with Crippen molar-refractivity contribution in [2.45, 2.75) is 6.61 Å². The smallest absolute Gasteiger partial charge is 0.340 e. The van der Waals surface area contributed by atoms with Crippen LogP contribution in [0.5, 0.6) is 0 Å². The average Bonchev–Trinajstić information content (AvgIpc) is 3.03. The van der Waals surface area contributed by atoms with Crippen molar-refractivity contribution in [2.24, 2.45) is 0 Å². The molecule has 1 aliphatic rings. The minimum Gasteiger partial charge on any atom is -0.457 e. The highest BCUT2D eigenvalue weighted by Crippen LogP contribution is 2.28. The van der Waals surface area contributed by atoms with E-state index in [0.717, 1.165) is 32.9 Å². The molecule has 21 heavy (non-hydrogen) atoms. The van der Waals surface area contributed by atoms with Crippen molar-refractivity contribution in [2.75, 3.05) is 0 Å². The lowest BCUT2D eigenvalue weighted by Gasteiger charge is -1.99. The van der Waals surface area contributed by atoms with Crippen LogP contribution in [-0.4, -0.2) is 15.4 Å². The van der Waals surface area contributed by atoms with Gasteiger partial charge in [0.2, 0.25) is 0 Å². The zero-order valence-electron chi connectivity index (χ0n) is 11.0. The van der Waals surface area contributed by atoms with Crippen LogP contribution < -0.4 is 0 Å². The van der Waals surface area contributed by atoms with Gasteiger partial charge in [0.25, 0.3) is 0 Å². The number of hydrogen-bond acceptors (Lipinski definition) is 3. The predicted octanol–water partition coefficient (Wildman–Crippen LogP) is 3.31. The Kier molecular flexibility index (Phi) is 1.86. The number of hydrogen-bond donors (Lipinski definition) is 0. The fourth-order valence-corrected chi connectivity index (χ4v) is 3.02. The molecule has 4 nitrogen and oxygen atoms in total. The molecular weight excluding hydrogens is 264 g/mol. The number of ether oxygens (including phenoxy) is 1. The van der Waals surface area contributed by atoms with Crippen LogP contribution in [0.15, 0.2) is 48.8 Å². The van der Waals surface area contributed by atoms with Crippen LogP contribution >= 0.6 is 0 Å². The van der Waals surface area contributed by atoms with Crippen LogP contribution in [0, 0.1) is 0 Å². The summed E-state index contributed by atoms with van der Waals surface area (Å²) >= 11 is 0. The Morgan fingerprint density at radius 2 is 2.00 bits per heavy atom. The Balaban J connectivity index is 1.94. The monoisotopic (exact) mass is 274 g/mol. The van der Waals surface area contributed by atoms with Crippen LogP contribution in [0.4, 0.5) is 0 Å². The molecule has 0 saturated heterocycles. The van der Waals surface area contributed by atoms with Gasteiger partial charge in [0, 0.05) is 28.7 Å². The van der Waals surface area contributed by atoms with Gasteiger partial charge in [-0.1, -0.05) is 18.2 Å². The fourth-order valence-electron chi connectivity index (χ4n) is 3.02. The van der Waals surface area contributed by atoms with Crippen molar-refractivity contribution in [1.29, 1.82) is 0 Å². The average molecular weight is 274 g/mol. The van der Waals surface area contributed by atoms with E-state index < -0.39 is 0 Å². The molecular formula is C17H10N2O2. The van der Waals surface area contributed by atoms with Crippen molar-refractivity contribution in [3.63, 3.8) is 0 Å². The number of pyridine rings is 2. The molecule has 5 rings (SSSR count). The summed E-state index contributed by atoms with van der Waals surface area (Å²) in [5.74, 6) is -0.247. The molecule has 0 atom stereocenters. The molecule has 4 aromatic rings. The lowest BCUT2D eigenvalue weighted by Crippen LogP contribution is -1.96. The van der Waals surface area contributed by atoms with Gasteiger partial charge < -0.3 is 9.14 Å². The summed E-state index contributed by atoms with van der Waals surface area (Å²) in [5.41, 5.74) is 4.52. The Bertz CT molecular complexity index is 1060. The van der Waals surface area contributed by atoms with Crippen molar-refractivity contribution >= 4 is 33.3 Å². The topological polar surface area (TPSA) is 43.6 Å². The lowest BCUT2D eigenvalue weighted by atomic mass is 10.1. The number of aromatic nitrogens is 2. The molecule has 0 amide bonds. The molecule has 0 spiro atoms. The largest absolute Gasteiger partial charge is 0.457 e. The summed E-state index contributed by atoms with van der Waals surface area (Å²) in [4.78, 5) is 16.4. The van der Waals surface area contributed by atoms with Gasteiger partial charge in [-0.25, -0.2) is 9.78 Å². The minimum atomic E-state index is -0.247. The van der Waals surface area contributed by atoms with E-state index in [1.807, 2.05) is 41.1 Å². The van der Waals surface area contributed by atoms with Crippen molar-refractivity contribution in [3.05, 3.63) is 59.9 Å². The number of fused-ring (bicyclic) bond motifs is 5. The molecule has 4 heteroatoms. The van der Waals surface area contributed by atoms with Gasteiger partial charge in [0.1, 0.15) is 6.61 Å². The summed E-state index contributed by atoms with van der Waals surface area (Å²) in [6.07, 6.45) is 3.85. The highest BCUT2D eigenvalue weighted by molar-refractivity contribution is 6.02. The highest BCUT2D eigenvalue weighted by atomic mass is 16.5. The van der Waals surface area contributed by atoms with Gasteiger partial charge in [0.05, 0.1) is 22.1 Å². The lowest BCUT2D eigenvalue weighted by molar-refractivity contribution is 0.0535. The van der Waals surface area contributed by atoms with E-state index in [9.17, 15) is 4.79 Å². The van der Waals surface area contributed by atoms with Crippen molar-refractivity contribution in [3.8, 4) is 0 Å². The molecule has 0 saturated carbocycles. The molecule has 0 fully saturated rings. The van der Waals surface area contributed by atoms with Crippen LogP contribution in [0.1, 0.15) is 15.9 Å². The number of carbonyl (C=O) groups is 1. The van der Waals surface area contributed by atoms with E-state index in [4.69, 9.17) is 9.72 Å². The Labute approximate surface area is 119 Å². The van der Waals surface area contributed by atoms with Crippen LogP contribution in [0.25, 0.3) is 27.3 Å². The fraction of sp³-hybridized carbons (Fsp3) is 0.0588. The maximum atomic E-state index is 11.7. The quantitative estimate of drug-likeness (QED) is 0.462. The number of para-hydroxylation sites is 1. The number of rotatable bonds is 0. The molecule has 0 aliphatic carbocycles. The standard InChI is InChI=1S/C17H10N2O2/c20-17-13-8-19-7-11-5-10-3-1-2-4-14(10)18-16(11)15(19)6-12(13)9-21-17/h1-8H,9H2. The molecule has 1 aromatic carbocycles. The Morgan fingerprint density at radius 3 is 2.95 bits per heavy atom. The SMILES string of the molecule is O=C1OCc2cc3c4nc5ccccc5cc4cn3cc21. The van der Waals surface area contributed by atoms with Gasteiger partial charge in [-0.05, 0) is 18.2 Å². The zero-order chi connectivity index (χ0) is 14.0. The maximum absolute atomic E-state index is 11.7. The highest BCUT2D eigenvalue weighted by Gasteiger charge is 2.22. The third-order valence-corrected chi connectivity index (χ3v) is 4.06. The molecule has 0 unspecified atom stereocenters. The number of nitrogens with zero attached hydrogens (tertiary/aromatic N) is 2. The second-order valence-corrected chi connectivity index (χ2v) is 5.33. The van der Waals surface area contributed by atoms with Gasteiger partial charge in [-0.2, -0.15) is 0 Å². The van der Waals surface area contributed by atoms with Gasteiger partial charge in [-0.3, -0.25) is 0 Å². The van der Waals surface area contributed by atoms with Crippen molar-refractivity contribution in [1.82, 2.24) is 9.38 Å². The molecule has 1 aliphatic heterocycles. The molecule has 4 heterocycles. The van der Waals surface area contributed by atoms with E-state index >= 15 is 0 Å². The Hall–Kier alpha value is -2.88.